The van der Waals surface area contributed by atoms with Crippen LogP contribution in [0.15, 0.2) is 43.1 Å². The lowest BCUT2D eigenvalue weighted by molar-refractivity contribution is -0.150. The first kappa shape index (κ1) is 22.0. The van der Waals surface area contributed by atoms with Gasteiger partial charge in [0, 0.05) is 17.2 Å². The summed E-state index contributed by atoms with van der Waals surface area (Å²) in [6.45, 7) is 0. The van der Waals surface area contributed by atoms with Gasteiger partial charge in [-0.1, -0.05) is 16.4 Å². The van der Waals surface area contributed by atoms with Crippen LogP contribution in [0.25, 0.3) is 6.08 Å². The summed E-state index contributed by atoms with van der Waals surface area (Å²) in [7, 11) is 0. The number of rotatable bonds is 6. The number of carboxylic acid groups (broad SMARTS) is 1. The van der Waals surface area contributed by atoms with Gasteiger partial charge in [0.05, 0.1) is 0 Å². The quantitative estimate of drug-likeness (QED) is 0.179. The van der Waals surface area contributed by atoms with Crippen molar-refractivity contribution in [3.05, 3.63) is 44.8 Å². The number of hydrogen-bond acceptors (Lipinski definition) is 11. The molecule has 5 N–H and O–H groups in total. The van der Waals surface area contributed by atoms with Gasteiger partial charge in [0.25, 0.3) is 11.8 Å². The Hall–Kier alpha value is -3.17. The lowest BCUT2D eigenvalue weighted by atomic mass is 10.0. The molecular weight excluding hydrogens is 528 g/mol. The molecule has 2 aromatic rings. The molecule has 2 aromatic heterocycles. The number of β-lactam (4-membered cyclic amide) rings is 1. The first-order valence-electron chi connectivity index (χ1n) is 8.76. The topological polar surface area (TPSA) is 184 Å². The van der Waals surface area contributed by atoms with Crippen LogP contribution in [0, 0.1) is 0 Å². The van der Waals surface area contributed by atoms with Crippen molar-refractivity contribution < 1.29 is 29.2 Å². The number of nitrogens with zero attached hydrogens (tertiary/aromatic N) is 4. The summed E-state index contributed by atoms with van der Waals surface area (Å²) in [5.41, 5.74) is 5.42. The molecule has 0 aromatic carbocycles. The van der Waals surface area contributed by atoms with E-state index in [1.54, 1.807) is 18.2 Å². The highest BCUT2D eigenvalue weighted by Crippen LogP contribution is 2.40. The first-order valence-corrected chi connectivity index (χ1v) is 11.5. The largest absolute Gasteiger partial charge is 0.477 e. The fourth-order valence-electron chi connectivity index (χ4n) is 3.12. The molecule has 166 valence electrons. The highest BCUT2D eigenvalue weighted by Gasteiger charge is 2.54. The zero-order chi connectivity index (χ0) is 23.0. The number of thioether (sulfide) groups is 1. The van der Waals surface area contributed by atoms with Crippen LogP contribution in [0.4, 0.5) is 5.13 Å². The molecule has 2 atom stereocenters. The second-order valence-corrected chi connectivity index (χ2v) is 9.25. The number of nitrogen functional groups attached to an aromatic ring is 1. The number of amides is 2. The number of anilines is 1. The highest BCUT2D eigenvalue weighted by molar-refractivity contribution is 9.10. The molecule has 2 aliphatic heterocycles. The van der Waals surface area contributed by atoms with E-state index in [2.05, 4.69) is 36.5 Å². The van der Waals surface area contributed by atoms with Crippen molar-refractivity contribution in [3.63, 3.8) is 0 Å². The maximum atomic E-state index is 12.7. The number of aromatic nitrogens is 2. The zero-order valence-electron chi connectivity index (χ0n) is 15.8. The van der Waals surface area contributed by atoms with Crippen molar-refractivity contribution in [2.24, 2.45) is 5.16 Å². The van der Waals surface area contributed by atoms with E-state index in [9.17, 15) is 24.7 Å². The van der Waals surface area contributed by atoms with E-state index in [1.165, 1.54) is 17.1 Å². The maximum Gasteiger partial charge on any atom is 0.352 e. The van der Waals surface area contributed by atoms with E-state index < -0.39 is 34.9 Å². The fraction of sp³-hybridized carbons (Fsp3) is 0.176. The molecule has 0 spiro atoms. The first-order chi connectivity index (χ1) is 15.3. The Morgan fingerprint density at radius 2 is 2.22 bits per heavy atom. The molecule has 12 nitrogen and oxygen atoms in total. The van der Waals surface area contributed by atoms with E-state index in [0.717, 1.165) is 16.2 Å². The number of aliphatic carboxylic acids is 1. The number of oxime groups is 1. The summed E-state index contributed by atoms with van der Waals surface area (Å²) in [6.07, 6.45) is 3.09. The average molecular weight is 541 g/mol. The minimum absolute atomic E-state index is 0.0602. The van der Waals surface area contributed by atoms with Gasteiger partial charge in [-0.25, -0.2) is 9.78 Å². The van der Waals surface area contributed by atoms with Crippen LogP contribution in [0.3, 0.4) is 0 Å². The summed E-state index contributed by atoms with van der Waals surface area (Å²) in [6, 6.07) is 0.609. The van der Waals surface area contributed by atoms with E-state index in [1.807, 2.05) is 0 Å². The molecule has 4 rings (SSSR count). The molecule has 32 heavy (non-hydrogen) atoms. The summed E-state index contributed by atoms with van der Waals surface area (Å²) < 4.78 is 5.52. The third kappa shape index (κ3) is 4.01. The number of allylic oxidation sites excluding steroid dienone is 1. The molecule has 15 heteroatoms. The standard InChI is InChI=1S/C17H13BrN6O6S2/c18-9-3-7(30-23-9)2-1-6-4-31-15-11(14(26)24(15)12(6)16(27)28)21-13(25)10(22-29)8-5-32-17(19)20-8/h1-3,5,11,15,29H,4H2,(H2,19,20)(H,21,25)(H,27,28)/b2-1+,22-10-. The minimum Gasteiger partial charge on any atom is -0.477 e. The van der Waals surface area contributed by atoms with Crippen LogP contribution in [0.5, 0.6) is 0 Å². The molecule has 1 fully saturated rings. The Bertz CT molecular complexity index is 1200. The van der Waals surface area contributed by atoms with Gasteiger partial charge >= 0.3 is 5.97 Å². The number of thiazole rings is 1. The van der Waals surface area contributed by atoms with Crippen LogP contribution in [-0.2, 0) is 14.4 Å². The molecule has 2 aliphatic rings. The number of fused-ring (bicyclic) bond motifs is 1. The van der Waals surface area contributed by atoms with E-state index >= 15 is 0 Å². The van der Waals surface area contributed by atoms with Crippen LogP contribution in [0.1, 0.15) is 11.5 Å². The smallest absolute Gasteiger partial charge is 0.352 e. The third-order valence-electron chi connectivity index (χ3n) is 4.52. The molecule has 0 radical (unpaired) electrons. The summed E-state index contributed by atoms with van der Waals surface area (Å²) in [5.74, 6) is -2.03. The van der Waals surface area contributed by atoms with Gasteiger partial charge in [0.2, 0.25) is 0 Å². The molecule has 2 unspecified atom stereocenters. The van der Waals surface area contributed by atoms with Crippen LogP contribution < -0.4 is 11.1 Å². The van der Waals surface area contributed by atoms with Gasteiger partial charge in [0.15, 0.2) is 16.6 Å². The second-order valence-electron chi connectivity index (χ2n) is 6.44. The number of carboxylic acids is 1. The van der Waals surface area contributed by atoms with Crippen molar-refractivity contribution in [3.8, 4) is 0 Å². The van der Waals surface area contributed by atoms with Crippen LogP contribution in [-0.4, -0.2) is 66.0 Å². The Morgan fingerprint density at radius 1 is 1.44 bits per heavy atom. The molecule has 2 amide bonds. The van der Waals surface area contributed by atoms with Gasteiger partial charge in [-0.3, -0.25) is 14.5 Å². The number of nitrogens with two attached hydrogens (primary N) is 1. The van der Waals surface area contributed by atoms with Crippen molar-refractivity contribution in [2.45, 2.75) is 11.4 Å². The lowest BCUT2D eigenvalue weighted by Crippen LogP contribution is -2.71. The van der Waals surface area contributed by atoms with Gasteiger partial charge in [-0.05, 0) is 27.6 Å². The maximum absolute atomic E-state index is 12.7. The number of hydrogen-bond donors (Lipinski definition) is 4. The summed E-state index contributed by atoms with van der Waals surface area (Å²) in [4.78, 5) is 42.1. The van der Waals surface area contributed by atoms with Crippen molar-refractivity contribution in [1.82, 2.24) is 20.4 Å². The monoisotopic (exact) mass is 540 g/mol. The number of halogens is 1. The second kappa shape index (κ2) is 8.76. The van der Waals surface area contributed by atoms with Crippen LogP contribution >= 0.6 is 39.0 Å². The van der Waals surface area contributed by atoms with Crippen molar-refractivity contribution in [2.75, 3.05) is 11.5 Å². The van der Waals surface area contributed by atoms with Gasteiger partial charge < -0.3 is 25.9 Å². The molecule has 0 saturated carbocycles. The Balaban J connectivity index is 1.52. The summed E-state index contributed by atoms with van der Waals surface area (Å²) in [5, 5.41) is 29.0. The normalized spacial score (nSPS) is 21.0. The Labute approximate surface area is 195 Å². The molecule has 4 heterocycles. The Kier molecular flexibility index (Phi) is 6.03. The molecule has 1 saturated heterocycles. The van der Waals surface area contributed by atoms with Crippen molar-refractivity contribution >= 4 is 73.7 Å². The van der Waals surface area contributed by atoms with Gasteiger partial charge in [-0.15, -0.1) is 23.1 Å². The van der Waals surface area contributed by atoms with E-state index in [4.69, 9.17) is 10.3 Å². The molecular formula is C17H13BrN6O6S2. The SMILES string of the molecule is Nc1nc(/C(=N/O)C(=O)NC2C(=O)N3C(C(=O)O)=C(/C=C/c4cc(Br)no4)CSC23)cs1. The van der Waals surface area contributed by atoms with Gasteiger partial charge in [0.1, 0.15) is 27.4 Å². The van der Waals surface area contributed by atoms with Crippen LogP contribution in [0.2, 0.25) is 0 Å². The Morgan fingerprint density at radius 3 is 2.81 bits per heavy atom. The predicted octanol–water partition coefficient (Wildman–Crippen LogP) is 1.11. The van der Waals surface area contributed by atoms with E-state index in [0.29, 0.717) is 15.9 Å². The highest BCUT2D eigenvalue weighted by atomic mass is 79.9. The molecule has 0 aliphatic carbocycles. The number of nitrogens with one attached hydrogen (secondary N) is 1. The summed E-state index contributed by atoms with van der Waals surface area (Å²) >= 11 is 5.49. The number of carbonyl (C=O) groups excluding carboxylic acids is 2. The fourth-order valence-corrected chi connectivity index (χ4v) is 5.28. The van der Waals surface area contributed by atoms with E-state index in [-0.39, 0.29) is 22.3 Å². The lowest BCUT2D eigenvalue weighted by Gasteiger charge is -2.49. The predicted molar refractivity (Wildman–Crippen MR) is 118 cm³/mol. The average Bonchev–Trinajstić information content (AvgIpc) is 3.38. The third-order valence-corrected chi connectivity index (χ3v) is 6.86. The van der Waals surface area contributed by atoms with Crippen molar-refractivity contribution in [1.29, 1.82) is 0 Å². The minimum atomic E-state index is -1.28. The zero-order valence-corrected chi connectivity index (χ0v) is 19.0. The van der Waals surface area contributed by atoms with Gasteiger partial charge in [-0.2, -0.15) is 0 Å². The number of carbonyl (C=O) groups is 3. The molecule has 0 bridgehead atoms.